The summed E-state index contributed by atoms with van der Waals surface area (Å²) in [6.45, 7) is -0.224. The molecule has 28 heavy (non-hydrogen) atoms. The summed E-state index contributed by atoms with van der Waals surface area (Å²) in [4.78, 5) is 37.1. The summed E-state index contributed by atoms with van der Waals surface area (Å²) >= 11 is 9.29. The van der Waals surface area contributed by atoms with Crippen molar-refractivity contribution in [1.82, 2.24) is 5.32 Å². The lowest BCUT2D eigenvalue weighted by atomic mass is 10.2. The number of carbonyl (C=O) groups excluding carboxylic acids is 3. The molecule has 2 aromatic carbocycles. The molecular formula is C19H14BrClN2O5. The Labute approximate surface area is 174 Å². The fourth-order valence-electron chi connectivity index (χ4n) is 2.47. The Balaban J connectivity index is 1.80. The molecule has 1 N–H and O–H groups in total. The minimum atomic E-state index is -0.560. The van der Waals surface area contributed by atoms with E-state index < -0.39 is 17.9 Å². The number of methoxy groups -OCH3 is 1. The van der Waals surface area contributed by atoms with Gasteiger partial charge in [-0.2, -0.15) is 0 Å². The molecule has 1 aliphatic heterocycles. The van der Waals surface area contributed by atoms with Gasteiger partial charge >= 0.3 is 12.0 Å². The number of anilines is 1. The van der Waals surface area contributed by atoms with Gasteiger partial charge in [-0.15, -0.1) is 0 Å². The number of imide groups is 1. The number of hydrogen-bond donors (Lipinski definition) is 1. The maximum atomic E-state index is 12.6. The zero-order valence-corrected chi connectivity index (χ0v) is 16.9. The zero-order valence-electron chi connectivity index (χ0n) is 14.6. The fourth-order valence-corrected chi connectivity index (χ4v) is 3.17. The highest BCUT2D eigenvalue weighted by atomic mass is 79.9. The molecule has 1 fully saturated rings. The van der Waals surface area contributed by atoms with Crippen LogP contribution >= 0.6 is 27.5 Å². The number of urea groups is 1. The maximum Gasteiger partial charge on any atom is 0.343 e. The minimum Gasteiger partial charge on any atom is -0.481 e. The summed E-state index contributed by atoms with van der Waals surface area (Å²) < 4.78 is 10.4. The Morgan fingerprint density at radius 3 is 2.71 bits per heavy atom. The summed E-state index contributed by atoms with van der Waals surface area (Å²) in [6, 6.07) is 10.9. The molecule has 0 radical (unpaired) electrons. The predicted molar refractivity (Wildman–Crippen MR) is 107 cm³/mol. The van der Waals surface area contributed by atoms with E-state index in [0.29, 0.717) is 26.5 Å². The highest BCUT2D eigenvalue weighted by Crippen LogP contribution is 2.28. The van der Waals surface area contributed by atoms with Crippen molar-refractivity contribution >= 4 is 57.2 Å². The third-order valence-electron chi connectivity index (χ3n) is 3.78. The van der Waals surface area contributed by atoms with Gasteiger partial charge in [0.1, 0.15) is 11.4 Å². The van der Waals surface area contributed by atoms with E-state index in [4.69, 9.17) is 16.3 Å². The normalized spacial score (nSPS) is 15.0. The van der Waals surface area contributed by atoms with E-state index in [0.717, 1.165) is 4.90 Å². The van der Waals surface area contributed by atoms with Crippen LogP contribution in [0.3, 0.4) is 0 Å². The Bertz CT molecular complexity index is 992. The van der Waals surface area contributed by atoms with E-state index in [1.165, 1.54) is 13.2 Å². The van der Waals surface area contributed by atoms with Crippen molar-refractivity contribution in [2.24, 2.45) is 0 Å². The molecule has 2 aromatic rings. The van der Waals surface area contributed by atoms with Crippen LogP contribution in [-0.4, -0.2) is 31.6 Å². The van der Waals surface area contributed by atoms with E-state index in [9.17, 15) is 14.4 Å². The molecule has 0 atom stereocenters. The lowest BCUT2D eigenvalue weighted by Gasteiger charge is -2.11. The second-order valence-corrected chi connectivity index (χ2v) is 6.95. The molecule has 1 aliphatic rings. The summed E-state index contributed by atoms with van der Waals surface area (Å²) in [6.07, 6.45) is 1.54. The first-order chi connectivity index (χ1) is 13.4. The molecule has 144 valence electrons. The minimum absolute atomic E-state index is 0.125. The summed E-state index contributed by atoms with van der Waals surface area (Å²) in [5, 5.41) is 2.97. The van der Waals surface area contributed by atoms with E-state index >= 15 is 0 Å². The van der Waals surface area contributed by atoms with Gasteiger partial charge in [-0.05, 0) is 57.9 Å². The Hall–Kier alpha value is -2.84. The molecule has 0 spiro atoms. The topological polar surface area (TPSA) is 84.9 Å². The van der Waals surface area contributed by atoms with Crippen molar-refractivity contribution in [2.75, 3.05) is 18.6 Å². The molecule has 1 heterocycles. The molecule has 0 aromatic heterocycles. The first-order valence-corrected chi connectivity index (χ1v) is 9.18. The van der Waals surface area contributed by atoms with Gasteiger partial charge in [0.25, 0.3) is 5.91 Å². The summed E-state index contributed by atoms with van der Waals surface area (Å²) in [5.74, 6) is -0.553. The predicted octanol–water partition coefficient (Wildman–Crippen LogP) is 3.75. The first kappa shape index (κ1) is 19.9. The SMILES string of the molecule is COC(=O)COc1ccc(C=C2NC(=O)N(c3cccc(Cl)c3)C2=O)cc1Br. The van der Waals surface area contributed by atoms with Gasteiger partial charge in [0.2, 0.25) is 0 Å². The van der Waals surface area contributed by atoms with Crippen LogP contribution in [0.2, 0.25) is 5.02 Å². The van der Waals surface area contributed by atoms with Gasteiger partial charge in [0.15, 0.2) is 6.61 Å². The van der Waals surface area contributed by atoms with Crippen LogP contribution in [0.5, 0.6) is 5.75 Å². The Morgan fingerprint density at radius 1 is 1.25 bits per heavy atom. The number of amides is 3. The number of nitrogens with one attached hydrogen (secondary N) is 1. The molecular weight excluding hydrogens is 452 g/mol. The lowest BCUT2D eigenvalue weighted by molar-refractivity contribution is -0.142. The molecule has 0 unspecified atom stereocenters. The molecule has 3 amide bonds. The molecule has 7 nitrogen and oxygen atoms in total. The van der Waals surface area contributed by atoms with Crippen LogP contribution in [0.15, 0.2) is 52.6 Å². The van der Waals surface area contributed by atoms with Crippen molar-refractivity contribution in [2.45, 2.75) is 0 Å². The number of hydrogen-bond acceptors (Lipinski definition) is 5. The molecule has 0 saturated carbocycles. The van der Waals surface area contributed by atoms with Crippen LogP contribution in [0.1, 0.15) is 5.56 Å². The lowest BCUT2D eigenvalue weighted by Crippen LogP contribution is -2.30. The molecule has 0 aliphatic carbocycles. The van der Waals surface area contributed by atoms with Crippen molar-refractivity contribution in [1.29, 1.82) is 0 Å². The molecule has 0 bridgehead atoms. The number of halogens is 2. The zero-order chi connectivity index (χ0) is 20.3. The van der Waals surface area contributed by atoms with E-state index in [1.807, 2.05) is 0 Å². The quantitative estimate of drug-likeness (QED) is 0.413. The summed E-state index contributed by atoms with van der Waals surface area (Å²) in [5.41, 5.74) is 1.15. The number of ether oxygens (including phenoxy) is 2. The standard InChI is InChI=1S/C19H14BrClN2O5/c1-27-17(24)10-28-16-6-5-11(7-14(16)20)8-15-18(25)23(19(26)22-15)13-4-2-3-12(21)9-13/h2-9H,10H2,1H3,(H,22,26). The number of nitrogens with zero attached hydrogens (tertiary/aromatic N) is 1. The van der Waals surface area contributed by atoms with E-state index in [-0.39, 0.29) is 12.3 Å². The Kier molecular flexibility index (Phi) is 6.01. The van der Waals surface area contributed by atoms with Crippen LogP contribution < -0.4 is 15.0 Å². The first-order valence-electron chi connectivity index (χ1n) is 8.01. The van der Waals surface area contributed by atoms with Gasteiger partial charge in [-0.1, -0.05) is 23.7 Å². The Morgan fingerprint density at radius 2 is 2.04 bits per heavy atom. The number of rotatable bonds is 5. The van der Waals surface area contributed by atoms with Gasteiger partial charge < -0.3 is 14.8 Å². The van der Waals surface area contributed by atoms with Crippen LogP contribution in [0.25, 0.3) is 6.08 Å². The number of benzene rings is 2. The van der Waals surface area contributed by atoms with Gasteiger partial charge in [0.05, 0.1) is 17.3 Å². The average Bonchev–Trinajstić information content (AvgIpc) is 2.94. The third-order valence-corrected chi connectivity index (χ3v) is 4.64. The fraction of sp³-hybridized carbons (Fsp3) is 0.105. The smallest absolute Gasteiger partial charge is 0.343 e. The monoisotopic (exact) mass is 464 g/mol. The highest BCUT2D eigenvalue weighted by Gasteiger charge is 2.34. The largest absolute Gasteiger partial charge is 0.481 e. The van der Waals surface area contributed by atoms with Gasteiger partial charge in [-0.3, -0.25) is 4.79 Å². The second-order valence-electron chi connectivity index (χ2n) is 5.66. The molecule has 9 heteroatoms. The molecule has 3 rings (SSSR count). The van der Waals surface area contributed by atoms with Crippen LogP contribution in [0, 0.1) is 0 Å². The van der Waals surface area contributed by atoms with Crippen LogP contribution in [0.4, 0.5) is 10.5 Å². The third kappa shape index (κ3) is 4.35. The summed E-state index contributed by atoms with van der Waals surface area (Å²) in [7, 11) is 1.27. The average molecular weight is 466 g/mol. The van der Waals surface area contributed by atoms with Crippen molar-refractivity contribution in [3.05, 3.63) is 63.2 Å². The van der Waals surface area contributed by atoms with Gasteiger partial charge in [-0.25, -0.2) is 14.5 Å². The van der Waals surface area contributed by atoms with Crippen molar-refractivity contribution < 1.29 is 23.9 Å². The number of carbonyl (C=O) groups is 3. The van der Waals surface area contributed by atoms with Crippen molar-refractivity contribution in [3.8, 4) is 5.75 Å². The van der Waals surface area contributed by atoms with E-state index in [1.54, 1.807) is 42.5 Å². The maximum absolute atomic E-state index is 12.6. The second kappa shape index (κ2) is 8.45. The number of esters is 1. The molecule has 1 saturated heterocycles. The highest BCUT2D eigenvalue weighted by molar-refractivity contribution is 9.10. The van der Waals surface area contributed by atoms with Gasteiger partial charge in [0, 0.05) is 5.02 Å². The van der Waals surface area contributed by atoms with Crippen molar-refractivity contribution in [3.63, 3.8) is 0 Å². The van der Waals surface area contributed by atoms with Crippen LogP contribution in [-0.2, 0) is 14.3 Å². The van der Waals surface area contributed by atoms with E-state index in [2.05, 4.69) is 26.0 Å².